The van der Waals surface area contributed by atoms with Crippen LogP contribution < -0.4 is 9.47 Å². The molecular formula is C23H28N2O3. The maximum Gasteiger partial charge on any atom is 0.253 e. The molecule has 0 spiro atoms. The van der Waals surface area contributed by atoms with Gasteiger partial charge >= 0.3 is 0 Å². The summed E-state index contributed by atoms with van der Waals surface area (Å²) in [6.45, 7) is 3.56. The van der Waals surface area contributed by atoms with Crippen molar-refractivity contribution in [1.29, 1.82) is 0 Å². The topological polar surface area (TPSA) is 42.0 Å². The Morgan fingerprint density at radius 1 is 1.00 bits per heavy atom. The standard InChI is InChI=1S/C23H28N2O3/c1-27-21-13-18-10-12-24(15-19(18)14-22(21)28-2)20-9-6-11-25(16-20)23(26)17-7-4-3-5-8-17/h3-5,7-8,13-14,20H,6,9-12,15-16H2,1-2H3. The van der Waals surface area contributed by atoms with Crippen molar-refractivity contribution < 1.29 is 14.3 Å². The van der Waals surface area contributed by atoms with Gasteiger partial charge in [0, 0.05) is 37.8 Å². The van der Waals surface area contributed by atoms with Crippen molar-refractivity contribution in [3.05, 3.63) is 59.2 Å². The Morgan fingerprint density at radius 3 is 2.43 bits per heavy atom. The number of rotatable bonds is 4. The lowest BCUT2D eigenvalue weighted by Crippen LogP contribution is -2.51. The Bertz CT molecular complexity index is 837. The summed E-state index contributed by atoms with van der Waals surface area (Å²) in [5, 5.41) is 0. The van der Waals surface area contributed by atoms with Gasteiger partial charge in [-0.25, -0.2) is 0 Å². The average molecular weight is 380 g/mol. The van der Waals surface area contributed by atoms with Gasteiger partial charge in [-0.15, -0.1) is 0 Å². The third-order valence-electron chi connectivity index (χ3n) is 5.97. The number of benzene rings is 2. The minimum absolute atomic E-state index is 0.147. The number of hydrogen-bond donors (Lipinski definition) is 0. The van der Waals surface area contributed by atoms with Gasteiger partial charge in [-0.3, -0.25) is 9.69 Å². The van der Waals surface area contributed by atoms with Crippen molar-refractivity contribution in [2.45, 2.75) is 31.8 Å². The van der Waals surface area contributed by atoms with Gasteiger partial charge in [0.25, 0.3) is 5.91 Å². The van der Waals surface area contributed by atoms with E-state index in [9.17, 15) is 4.79 Å². The highest BCUT2D eigenvalue weighted by Gasteiger charge is 2.30. The molecule has 0 bridgehead atoms. The molecular weight excluding hydrogens is 352 g/mol. The zero-order chi connectivity index (χ0) is 19.5. The van der Waals surface area contributed by atoms with Crippen LogP contribution in [0.15, 0.2) is 42.5 Å². The summed E-state index contributed by atoms with van der Waals surface area (Å²) < 4.78 is 10.9. The van der Waals surface area contributed by atoms with Crippen LogP contribution in [0.1, 0.15) is 34.3 Å². The van der Waals surface area contributed by atoms with Gasteiger partial charge in [0.15, 0.2) is 11.5 Å². The van der Waals surface area contributed by atoms with E-state index in [2.05, 4.69) is 17.0 Å². The number of carbonyl (C=O) groups is 1. The molecule has 1 saturated heterocycles. The van der Waals surface area contributed by atoms with Crippen molar-refractivity contribution in [3.8, 4) is 11.5 Å². The van der Waals surface area contributed by atoms with E-state index in [0.29, 0.717) is 6.04 Å². The summed E-state index contributed by atoms with van der Waals surface area (Å²) >= 11 is 0. The average Bonchev–Trinajstić information content (AvgIpc) is 2.77. The van der Waals surface area contributed by atoms with Crippen molar-refractivity contribution in [2.24, 2.45) is 0 Å². The highest BCUT2D eigenvalue weighted by atomic mass is 16.5. The normalized spacial score (nSPS) is 19.8. The molecule has 2 heterocycles. The summed E-state index contributed by atoms with van der Waals surface area (Å²) in [6, 6.07) is 14.2. The van der Waals surface area contributed by atoms with E-state index in [4.69, 9.17) is 9.47 Å². The van der Waals surface area contributed by atoms with E-state index in [1.54, 1.807) is 14.2 Å². The highest BCUT2D eigenvalue weighted by Crippen LogP contribution is 2.34. The molecule has 1 fully saturated rings. The number of amides is 1. The quantitative estimate of drug-likeness (QED) is 0.816. The first-order valence-corrected chi connectivity index (χ1v) is 10.0. The first-order valence-electron chi connectivity index (χ1n) is 10.0. The predicted molar refractivity (Wildman–Crippen MR) is 109 cm³/mol. The molecule has 148 valence electrons. The van der Waals surface area contributed by atoms with Crippen LogP contribution in [0, 0.1) is 0 Å². The lowest BCUT2D eigenvalue weighted by atomic mass is 9.95. The van der Waals surface area contributed by atoms with E-state index in [-0.39, 0.29) is 5.91 Å². The lowest BCUT2D eigenvalue weighted by Gasteiger charge is -2.41. The van der Waals surface area contributed by atoms with Crippen LogP contribution in [0.25, 0.3) is 0 Å². The second-order valence-electron chi connectivity index (χ2n) is 7.61. The number of ether oxygens (including phenoxy) is 2. The van der Waals surface area contributed by atoms with Crippen LogP contribution in [0.4, 0.5) is 0 Å². The predicted octanol–water partition coefficient (Wildman–Crippen LogP) is 3.37. The lowest BCUT2D eigenvalue weighted by molar-refractivity contribution is 0.0548. The molecule has 1 unspecified atom stereocenters. The zero-order valence-electron chi connectivity index (χ0n) is 16.7. The Labute approximate surface area is 166 Å². The molecule has 4 rings (SSSR count). The van der Waals surface area contributed by atoms with Crippen molar-refractivity contribution in [2.75, 3.05) is 33.9 Å². The molecule has 5 heteroatoms. The second-order valence-corrected chi connectivity index (χ2v) is 7.61. The highest BCUT2D eigenvalue weighted by molar-refractivity contribution is 5.94. The number of likely N-dealkylation sites (tertiary alicyclic amines) is 1. The monoisotopic (exact) mass is 380 g/mol. The number of piperidine rings is 1. The summed E-state index contributed by atoms with van der Waals surface area (Å²) in [7, 11) is 3.36. The minimum atomic E-state index is 0.147. The molecule has 2 aliphatic rings. The number of hydrogen-bond acceptors (Lipinski definition) is 4. The summed E-state index contributed by atoms with van der Waals surface area (Å²) in [4.78, 5) is 17.4. The second kappa shape index (κ2) is 8.23. The summed E-state index contributed by atoms with van der Waals surface area (Å²) in [6.07, 6.45) is 3.19. The third kappa shape index (κ3) is 3.72. The van der Waals surface area contributed by atoms with Crippen LogP contribution in [0.2, 0.25) is 0 Å². The van der Waals surface area contributed by atoms with Crippen LogP contribution >= 0.6 is 0 Å². The Balaban J connectivity index is 1.47. The summed E-state index contributed by atoms with van der Waals surface area (Å²) in [5.41, 5.74) is 3.42. The van der Waals surface area contributed by atoms with Gasteiger partial charge < -0.3 is 14.4 Å². The van der Waals surface area contributed by atoms with E-state index < -0.39 is 0 Å². The molecule has 0 saturated carbocycles. The fourth-order valence-electron chi connectivity index (χ4n) is 4.42. The number of nitrogens with zero attached hydrogens (tertiary/aromatic N) is 2. The first kappa shape index (κ1) is 18.8. The fourth-order valence-corrected chi connectivity index (χ4v) is 4.42. The van der Waals surface area contributed by atoms with Gasteiger partial charge in [0.2, 0.25) is 0 Å². The van der Waals surface area contributed by atoms with E-state index in [1.807, 2.05) is 35.2 Å². The number of carbonyl (C=O) groups excluding carboxylic acids is 1. The largest absolute Gasteiger partial charge is 0.493 e. The van der Waals surface area contributed by atoms with E-state index >= 15 is 0 Å². The molecule has 0 aliphatic carbocycles. The van der Waals surface area contributed by atoms with Crippen molar-refractivity contribution in [3.63, 3.8) is 0 Å². The summed E-state index contributed by atoms with van der Waals surface area (Å²) in [5.74, 6) is 1.73. The molecule has 2 aliphatic heterocycles. The van der Waals surface area contributed by atoms with E-state index in [1.165, 1.54) is 11.1 Å². The van der Waals surface area contributed by atoms with Crippen LogP contribution in [0.5, 0.6) is 11.5 Å². The van der Waals surface area contributed by atoms with Crippen LogP contribution in [0.3, 0.4) is 0 Å². The van der Waals surface area contributed by atoms with Crippen LogP contribution in [-0.4, -0.2) is 55.6 Å². The zero-order valence-corrected chi connectivity index (χ0v) is 16.7. The van der Waals surface area contributed by atoms with Crippen LogP contribution in [-0.2, 0) is 13.0 Å². The van der Waals surface area contributed by atoms with Crippen molar-refractivity contribution in [1.82, 2.24) is 9.80 Å². The maximum atomic E-state index is 12.9. The van der Waals surface area contributed by atoms with Gasteiger partial charge in [0.1, 0.15) is 0 Å². The smallest absolute Gasteiger partial charge is 0.253 e. The Morgan fingerprint density at radius 2 is 1.71 bits per heavy atom. The molecule has 0 radical (unpaired) electrons. The molecule has 5 nitrogen and oxygen atoms in total. The Hall–Kier alpha value is -2.53. The fraction of sp³-hybridized carbons (Fsp3) is 0.435. The number of methoxy groups -OCH3 is 2. The first-order chi connectivity index (χ1) is 13.7. The molecule has 28 heavy (non-hydrogen) atoms. The van der Waals surface area contributed by atoms with E-state index in [0.717, 1.165) is 62.5 Å². The van der Waals surface area contributed by atoms with Crippen molar-refractivity contribution >= 4 is 5.91 Å². The third-order valence-corrected chi connectivity index (χ3v) is 5.97. The molecule has 0 aromatic heterocycles. The molecule has 1 atom stereocenters. The SMILES string of the molecule is COc1cc2c(cc1OC)CN(C1CCCN(C(=O)c3ccccc3)C1)CC2. The van der Waals surface area contributed by atoms with Gasteiger partial charge in [-0.1, -0.05) is 18.2 Å². The van der Waals surface area contributed by atoms with Gasteiger partial charge in [-0.2, -0.15) is 0 Å². The molecule has 2 aromatic rings. The Kier molecular flexibility index (Phi) is 5.53. The number of fused-ring (bicyclic) bond motifs is 1. The maximum absolute atomic E-state index is 12.9. The molecule has 0 N–H and O–H groups in total. The minimum Gasteiger partial charge on any atom is -0.493 e. The molecule has 1 amide bonds. The van der Waals surface area contributed by atoms with Gasteiger partial charge in [-0.05, 0) is 54.7 Å². The van der Waals surface area contributed by atoms with Gasteiger partial charge in [0.05, 0.1) is 14.2 Å². The molecule has 2 aromatic carbocycles.